The Bertz CT molecular complexity index is 520. The molecule has 0 spiro atoms. The molecule has 1 unspecified atom stereocenters. The molecule has 6 nitrogen and oxygen atoms in total. The largest absolute Gasteiger partial charge is 0.378 e. The average molecular weight is 305 g/mol. The van der Waals surface area contributed by atoms with Crippen LogP contribution in [0.4, 0.5) is 15.8 Å². The summed E-state index contributed by atoms with van der Waals surface area (Å²) < 4.78 is 24.1. The van der Waals surface area contributed by atoms with Gasteiger partial charge in [-0.15, -0.1) is 0 Å². The topological polar surface area (TPSA) is 73.6 Å². The minimum atomic E-state index is -0.714. The van der Waals surface area contributed by atoms with Crippen molar-refractivity contribution in [3.05, 3.63) is 33.1 Å². The van der Waals surface area contributed by atoms with Crippen molar-refractivity contribution >= 4 is 23.0 Å². The van der Waals surface area contributed by atoms with E-state index in [4.69, 9.17) is 21.1 Å². The van der Waals surface area contributed by atoms with Crippen LogP contribution in [0.5, 0.6) is 0 Å². The van der Waals surface area contributed by atoms with Crippen LogP contribution in [-0.2, 0) is 9.47 Å². The molecule has 1 saturated heterocycles. The minimum Gasteiger partial charge on any atom is -0.378 e. The molecule has 1 aromatic rings. The molecule has 8 heteroatoms. The van der Waals surface area contributed by atoms with E-state index in [1.807, 2.05) is 0 Å². The Hall–Kier alpha value is -1.44. The van der Waals surface area contributed by atoms with Crippen LogP contribution in [0.1, 0.15) is 6.42 Å². The second-order valence-electron chi connectivity index (χ2n) is 4.58. The van der Waals surface area contributed by atoms with Crippen molar-refractivity contribution in [3.63, 3.8) is 0 Å². The van der Waals surface area contributed by atoms with Gasteiger partial charge in [-0.1, -0.05) is 11.6 Å². The number of anilines is 1. The highest BCUT2D eigenvalue weighted by Gasteiger charge is 2.35. The lowest BCUT2D eigenvalue weighted by Crippen LogP contribution is -2.39. The molecule has 1 aliphatic heterocycles. The van der Waals surface area contributed by atoms with Crippen LogP contribution in [0.25, 0.3) is 0 Å². The zero-order valence-corrected chi connectivity index (χ0v) is 11.6. The predicted molar refractivity (Wildman–Crippen MR) is 71.7 cm³/mol. The molecule has 1 atom stereocenters. The number of nitro groups is 1. The third-order valence-corrected chi connectivity index (χ3v) is 3.63. The van der Waals surface area contributed by atoms with Gasteiger partial charge >= 0.3 is 0 Å². The van der Waals surface area contributed by atoms with Gasteiger partial charge in [0.05, 0.1) is 16.6 Å². The summed E-state index contributed by atoms with van der Waals surface area (Å²) >= 11 is 5.56. The quantitative estimate of drug-likeness (QED) is 0.668. The normalized spacial score (nSPS) is 21.9. The number of methoxy groups -OCH3 is 1. The van der Waals surface area contributed by atoms with Gasteiger partial charge < -0.3 is 14.8 Å². The van der Waals surface area contributed by atoms with E-state index in [1.54, 1.807) is 7.11 Å². The summed E-state index contributed by atoms with van der Waals surface area (Å²) in [5.74, 6) is -0.714. The van der Waals surface area contributed by atoms with Gasteiger partial charge in [0.25, 0.3) is 5.69 Å². The van der Waals surface area contributed by atoms with Crippen molar-refractivity contribution in [1.29, 1.82) is 0 Å². The van der Waals surface area contributed by atoms with Crippen LogP contribution in [0.15, 0.2) is 12.1 Å². The highest BCUT2D eigenvalue weighted by Crippen LogP contribution is 2.31. The van der Waals surface area contributed by atoms with Crippen LogP contribution in [-0.4, -0.2) is 37.4 Å². The van der Waals surface area contributed by atoms with E-state index in [1.165, 1.54) is 0 Å². The number of hydrogen-bond acceptors (Lipinski definition) is 5. The summed E-state index contributed by atoms with van der Waals surface area (Å²) in [6.07, 6.45) is 0.667. The standard InChI is InChI=1S/C12H14ClFN2O4/c1-19-12(2-3-20-7-12)6-15-10-5-9(14)8(13)4-11(10)16(17)18/h4-5,15H,2-3,6-7H2,1H3. The van der Waals surface area contributed by atoms with Gasteiger partial charge in [-0.2, -0.15) is 0 Å². The van der Waals surface area contributed by atoms with Gasteiger partial charge in [-0.05, 0) is 0 Å². The Labute approximate surface area is 120 Å². The van der Waals surface area contributed by atoms with Gasteiger partial charge in [0, 0.05) is 38.8 Å². The molecule has 0 saturated carbocycles. The summed E-state index contributed by atoms with van der Waals surface area (Å²) in [5.41, 5.74) is -0.758. The van der Waals surface area contributed by atoms with Gasteiger partial charge in [0.2, 0.25) is 0 Å². The van der Waals surface area contributed by atoms with Crippen molar-refractivity contribution in [2.24, 2.45) is 0 Å². The summed E-state index contributed by atoms with van der Waals surface area (Å²) in [6.45, 7) is 1.23. The summed E-state index contributed by atoms with van der Waals surface area (Å²) in [5, 5.41) is 13.5. The second kappa shape index (κ2) is 5.90. The van der Waals surface area contributed by atoms with E-state index < -0.39 is 16.3 Å². The third kappa shape index (κ3) is 3.00. The highest BCUT2D eigenvalue weighted by atomic mass is 35.5. The van der Waals surface area contributed by atoms with Crippen molar-refractivity contribution in [2.75, 3.05) is 32.2 Å². The molecule has 0 radical (unpaired) electrons. The molecule has 0 amide bonds. The maximum atomic E-state index is 13.5. The maximum Gasteiger partial charge on any atom is 0.294 e. The summed E-state index contributed by atoms with van der Waals surface area (Å²) in [7, 11) is 1.55. The van der Waals surface area contributed by atoms with E-state index in [2.05, 4.69) is 5.32 Å². The molecule has 0 aromatic heterocycles. The Morgan fingerprint density at radius 2 is 2.40 bits per heavy atom. The fourth-order valence-electron chi connectivity index (χ4n) is 2.05. The minimum absolute atomic E-state index is 0.0697. The van der Waals surface area contributed by atoms with Crippen molar-refractivity contribution in [1.82, 2.24) is 0 Å². The van der Waals surface area contributed by atoms with E-state index in [0.717, 1.165) is 12.1 Å². The number of rotatable bonds is 5. The number of hydrogen-bond donors (Lipinski definition) is 1. The van der Waals surface area contributed by atoms with Gasteiger partial charge in [0.1, 0.15) is 17.1 Å². The second-order valence-corrected chi connectivity index (χ2v) is 4.99. The van der Waals surface area contributed by atoms with E-state index in [-0.39, 0.29) is 22.9 Å². The summed E-state index contributed by atoms with van der Waals surface area (Å²) in [4.78, 5) is 10.3. The molecule has 0 aliphatic carbocycles. The maximum absolute atomic E-state index is 13.5. The first kappa shape index (κ1) is 15.0. The molecule has 110 valence electrons. The van der Waals surface area contributed by atoms with E-state index in [9.17, 15) is 14.5 Å². The number of benzene rings is 1. The Morgan fingerprint density at radius 3 is 2.95 bits per heavy atom. The molecule has 20 heavy (non-hydrogen) atoms. The number of nitrogens with one attached hydrogen (secondary N) is 1. The Kier molecular flexibility index (Phi) is 4.42. The van der Waals surface area contributed by atoms with E-state index >= 15 is 0 Å². The molecule has 1 fully saturated rings. The fraction of sp³-hybridized carbons (Fsp3) is 0.500. The third-order valence-electron chi connectivity index (χ3n) is 3.34. The van der Waals surface area contributed by atoms with E-state index in [0.29, 0.717) is 19.6 Å². The van der Waals surface area contributed by atoms with Crippen molar-refractivity contribution < 1.29 is 18.8 Å². The first-order valence-electron chi connectivity index (χ1n) is 5.98. The Balaban J connectivity index is 2.20. The zero-order chi connectivity index (χ0) is 14.8. The SMILES string of the molecule is COC1(CNc2cc(F)c(Cl)cc2[N+](=O)[O-])CCOC1. The van der Waals surface area contributed by atoms with Crippen LogP contribution in [0.3, 0.4) is 0 Å². The first-order chi connectivity index (χ1) is 9.47. The Morgan fingerprint density at radius 1 is 1.65 bits per heavy atom. The smallest absolute Gasteiger partial charge is 0.294 e. The number of halogens is 2. The lowest BCUT2D eigenvalue weighted by molar-refractivity contribution is -0.384. The molecular formula is C12H14ClFN2O4. The predicted octanol–water partition coefficient (Wildman–Crippen LogP) is 2.60. The molecule has 1 heterocycles. The van der Waals surface area contributed by atoms with Crippen molar-refractivity contribution in [2.45, 2.75) is 12.0 Å². The van der Waals surface area contributed by atoms with Crippen LogP contribution in [0, 0.1) is 15.9 Å². The number of nitro benzene ring substituents is 1. The lowest BCUT2D eigenvalue weighted by atomic mass is 10.0. The van der Waals surface area contributed by atoms with Gasteiger partial charge in [0.15, 0.2) is 0 Å². The molecule has 2 rings (SSSR count). The number of nitrogens with zero attached hydrogens (tertiary/aromatic N) is 1. The molecule has 1 N–H and O–H groups in total. The molecule has 1 aromatic carbocycles. The van der Waals surface area contributed by atoms with Gasteiger partial charge in [-0.25, -0.2) is 4.39 Å². The highest BCUT2D eigenvalue weighted by molar-refractivity contribution is 6.31. The molecular weight excluding hydrogens is 291 g/mol. The van der Waals surface area contributed by atoms with Crippen molar-refractivity contribution in [3.8, 4) is 0 Å². The number of ether oxygens (including phenoxy) is 2. The van der Waals surface area contributed by atoms with Crippen LogP contribution >= 0.6 is 11.6 Å². The molecule has 1 aliphatic rings. The lowest BCUT2D eigenvalue weighted by Gasteiger charge is -2.26. The van der Waals surface area contributed by atoms with Gasteiger partial charge in [-0.3, -0.25) is 10.1 Å². The summed E-state index contributed by atoms with van der Waals surface area (Å²) in [6, 6.07) is 2.00. The average Bonchev–Trinajstić information content (AvgIpc) is 2.89. The first-order valence-corrected chi connectivity index (χ1v) is 6.35. The van der Waals surface area contributed by atoms with Crippen LogP contribution < -0.4 is 5.32 Å². The molecule has 0 bridgehead atoms. The monoisotopic (exact) mass is 304 g/mol. The zero-order valence-electron chi connectivity index (χ0n) is 10.8. The van der Waals surface area contributed by atoms with Crippen LogP contribution in [0.2, 0.25) is 5.02 Å². The fourth-order valence-corrected chi connectivity index (χ4v) is 2.20.